The molecule has 6 heteroatoms. The van der Waals surface area contributed by atoms with Gasteiger partial charge in [-0.05, 0) is 57.4 Å². The monoisotopic (exact) mass is 411 g/mol. The van der Waals surface area contributed by atoms with E-state index in [1.807, 2.05) is 48.5 Å². The predicted octanol–water partition coefficient (Wildman–Crippen LogP) is 4.10. The van der Waals surface area contributed by atoms with Crippen molar-refractivity contribution in [3.63, 3.8) is 0 Å². The third-order valence-electron chi connectivity index (χ3n) is 3.84. The van der Waals surface area contributed by atoms with Crippen molar-refractivity contribution in [2.75, 3.05) is 12.3 Å². The maximum atomic E-state index is 12.0. The van der Waals surface area contributed by atoms with Crippen LogP contribution in [0, 0.1) is 0 Å². The number of ether oxygens (including phenoxy) is 1. The van der Waals surface area contributed by atoms with Gasteiger partial charge in [-0.1, -0.05) is 42.5 Å². The molecule has 0 radical (unpaired) electrons. The molecule has 0 aliphatic rings. The highest BCUT2D eigenvalue weighted by atomic mass is 79.9. The molecular formula is C20H18BrN3O2. The molecule has 3 aromatic rings. The Bertz CT molecular complexity index is 986. The number of nitrogen functional groups attached to an aromatic ring is 1. The second-order valence-corrected chi connectivity index (χ2v) is 6.54. The average Bonchev–Trinajstić information content (AvgIpc) is 2.65. The van der Waals surface area contributed by atoms with Gasteiger partial charge in [0.25, 0.3) is 5.91 Å². The lowest BCUT2D eigenvalue weighted by atomic mass is 10.1. The molecule has 0 heterocycles. The first-order valence-electron chi connectivity index (χ1n) is 8.03. The zero-order valence-electron chi connectivity index (χ0n) is 14.2. The molecule has 0 saturated carbocycles. The molecule has 0 spiro atoms. The normalized spacial score (nSPS) is 11.4. The van der Waals surface area contributed by atoms with Crippen LogP contribution in [0.5, 0.6) is 5.75 Å². The highest BCUT2D eigenvalue weighted by Crippen LogP contribution is 2.32. The summed E-state index contributed by atoms with van der Waals surface area (Å²) in [5.74, 6) is 0.267. The standard InChI is InChI=1S/C20H18BrN3O2/c1-13(15-6-4-7-16(22)11-15)23-24-19(25)12-26-18-10-9-14-5-2-3-8-17(14)20(18)21/h2-11H,12,22H2,1H3,(H,24,25). The zero-order chi connectivity index (χ0) is 18.5. The SMILES string of the molecule is CC(=NNC(=O)COc1ccc2ccccc2c1Br)c1cccc(N)c1. The average molecular weight is 412 g/mol. The smallest absolute Gasteiger partial charge is 0.277 e. The third-order valence-corrected chi connectivity index (χ3v) is 4.66. The number of amides is 1. The number of anilines is 1. The van der Waals surface area contributed by atoms with Crippen LogP contribution in [0.15, 0.2) is 70.2 Å². The summed E-state index contributed by atoms with van der Waals surface area (Å²) in [5.41, 5.74) is 10.4. The number of rotatable bonds is 5. The van der Waals surface area contributed by atoms with E-state index < -0.39 is 0 Å². The van der Waals surface area contributed by atoms with Crippen molar-refractivity contribution < 1.29 is 9.53 Å². The minimum absolute atomic E-state index is 0.134. The molecule has 0 bridgehead atoms. The lowest BCUT2D eigenvalue weighted by molar-refractivity contribution is -0.123. The fraction of sp³-hybridized carbons (Fsp3) is 0.100. The molecule has 0 fully saturated rings. The highest BCUT2D eigenvalue weighted by molar-refractivity contribution is 9.10. The van der Waals surface area contributed by atoms with Crippen molar-refractivity contribution in [3.8, 4) is 5.75 Å². The summed E-state index contributed by atoms with van der Waals surface area (Å²) in [6, 6.07) is 19.0. The highest BCUT2D eigenvalue weighted by Gasteiger charge is 2.08. The Morgan fingerprint density at radius 2 is 1.96 bits per heavy atom. The minimum Gasteiger partial charge on any atom is -0.483 e. The molecule has 5 nitrogen and oxygen atoms in total. The van der Waals surface area contributed by atoms with Crippen LogP contribution in [0.3, 0.4) is 0 Å². The number of fused-ring (bicyclic) bond motifs is 1. The van der Waals surface area contributed by atoms with Gasteiger partial charge in [0.15, 0.2) is 6.61 Å². The summed E-state index contributed by atoms with van der Waals surface area (Å²) in [6.07, 6.45) is 0. The molecule has 1 amide bonds. The summed E-state index contributed by atoms with van der Waals surface area (Å²) in [6.45, 7) is 1.67. The quantitative estimate of drug-likeness (QED) is 0.376. The Morgan fingerprint density at radius 1 is 1.15 bits per heavy atom. The van der Waals surface area contributed by atoms with Crippen LogP contribution in [-0.2, 0) is 4.79 Å². The van der Waals surface area contributed by atoms with Crippen molar-refractivity contribution >= 4 is 44.0 Å². The number of benzene rings is 3. The van der Waals surface area contributed by atoms with Crippen LogP contribution >= 0.6 is 15.9 Å². The van der Waals surface area contributed by atoms with Crippen LogP contribution in [0.1, 0.15) is 12.5 Å². The largest absolute Gasteiger partial charge is 0.483 e. The number of nitrogens with two attached hydrogens (primary N) is 1. The predicted molar refractivity (Wildman–Crippen MR) is 108 cm³/mol. The van der Waals surface area contributed by atoms with Crippen LogP contribution in [0.25, 0.3) is 10.8 Å². The van der Waals surface area contributed by atoms with Crippen molar-refractivity contribution in [1.29, 1.82) is 0 Å². The minimum atomic E-state index is -0.340. The molecule has 3 rings (SSSR count). The second-order valence-electron chi connectivity index (χ2n) is 5.75. The van der Waals surface area contributed by atoms with E-state index in [1.54, 1.807) is 19.1 Å². The lowest BCUT2D eigenvalue weighted by Gasteiger charge is -2.10. The van der Waals surface area contributed by atoms with Gasteiger partial charge in [-0.25, -0.2) is 5.43 Å². The molecule has 0 saturated heterocycles. The molecule has 132 valence electrons. The summed E-state index contributed by atoms with van der Waals surface area (Å²) in [5, 5.41) is 6.21. The summed E-state index contributed by atoms with van der Waals surface area (Å²) < 4.78 is 6.44. The van der Waals surface area contributed by atoms with Gasteiger partial charge in [-0.2, -0.15) is 5.10 Å². The molecule has 0 unspecified atom stereocenters. The number of nitrogens with zero attached hydrogens (tertiary/aromatic N) is 1. The Kier molecular flexibility index (Phi) is 5.53. The van der Waals surface area contributed by atoms with E-state index in [2.05, 4.69) is 26.5 Å². The number of carbonyl (C=O) groups excluding carboxylic acids is 1. The summed E-state index contributed by atoms with van der Waals surface area (Å²) in [7, 11) is 0. The molecule has 0 aliphatic heterocycles. The van der Waals surface area contributed by atoms with Gasteiger partial charge in [0.05, 0.1) is 10.2 Å². The van der Waals surface area contributed by atoms with Gasteiger partial charge in [0, 0.05) is 5.69 Å². The molecule has 0 aromatic heterocycles. The third kappa shape index (κ3) is 4.21. The number of hydrazone groups is 1. The molecule has 0 aliphatic carbocycles. The maximum Gasteiger partial charge on any atom is 0.277 e. The van der Waals surface area contributed by atoms with Gasteiger partial charge in [-0.15, -0.1) is 0 Å². The van der Waals surface area contributed by atoms with Gasteiger partial charge in [-0.3, -0.25) is 4.79 Å². The van der Waals surface area contributed by atoms with E-state index >= 15 is 0 Å². The molecular weight excluding hydrogens is 394 g/mol. The van der Waals surface area contributed by atoms with Crippen molar-refractivity contribution in [3.05, 3.63) is 70.7 Å². The Balaban J connectivity index is 1.62. The van der Waals surface area contributed by atoms with E-state index in [0.717, 1.165) is 20.8 Å². The van der Waals surface area contributed by atoms with Crippen LogP contribution in [0.2, 0.25) is 0 Å². The lowest BCUT2D eigenvalue weighted by Crippen LogP contribution is -2.25. The van der Waals surface area contributed by atoms with Gasteiger partial charge in [0.1, 0.15) is 5.75 Å². The van der Waals surface area contributed by atoms with Gasteiger partial charge in [0.2, 0.25) is 0 Å². The van der Waals surface area contributed by atoms with Gasteiger partial charge >= 0.3 is 0 Å². The first kappa shape index (κ1) is 17.9. The van der Waals surface area contributed by atoms with Crippen LogP contribution in [-0.4, -0.2) is 18.2 Å². The van der Waals surface area contributed by atoms with Crippen molar-refractivity contribution in [2.45, 2.75) is 6.92 Å². The van der Waals surface area contributed by atoms with Crippen molar-refractivity contribution in [2.24, 2.45) is 5.10 Å². The second kappa shape index (κ2) is 8.01. The van der Waals surface area contributed by atoms with E-state index in [-0.39, 0.29) is 12.5 Å². The van der Waals surface area contributed by atoms with Crippen LogP contribution < -0.4 is 15.9 Å². The fourth-order valence-electron chi connectivity index (χ4n) is 2.48. The number of hydrogen-bond donors (Lipinski definition) is 2. The molecule has 3 N–H and O–H groups in total. The molecule has 3 aromatic carbocycles. The van der Waals surface area contributed by atoms with E-state index in [1.165, 1.54) is 0 Å². The maximum absolute atomic E-state index is 12.0. The molecule has 0 atom stereocenters. The van der Waals surface area contributed by atoms with E-state index in [4.69, 9.17) is 10.5 Å². The fourth-order valence-corrected chi connectivity index (χ4v) is 3.08. The zero-order valence-corrected chi connectivity index (χ0v) is 15.8. The first-order chi connectivity index (χ1) is 12.5. The number of nitrogens with one attached hydrogen (secondary N) is 1. The topological polar surface area (TPSA) is 76.7 Å². The van der Waals surface area contributed by atoms with E-state index in [9.17, 15) is 4.79 Å². The summed E-state index contributed by atoms with van der Waals surface area (Å²) >= 11 is 3.54. The number of carbonyl (C=O) groups is 1. The first-order valence-corrected chi connectivity index (χ1v) is 8.83. The number of hydrogen-bond acceptors (Lipinski definition) is 4. The van der Waals surface area contributed by atoms with Gasteiger partial charge < -0.3 is 10.5 Å². The van der Waals surface area contributed by atoms with Crippen LogP contribution in [0.4, 0.5) is 5.69 Å². The number of halogens is 1. The Labute approximate surface area is 160 Å². The Morgan fingerprint density at radius 3 is 2.77 bits per heavy atom. The molecule has 26 heavy (non-hydrogen) atoms. The van der Waals surface area contributed by atoms with Crippen molar-refractivity contribution in [1.82, 2.24) is 5.43 Å². The summed E-state index contributed by atoms with van der Waals surface area (Å²) in [4.78, 5) is 12.0. The van der Waals surface area contributed by atoms with E-state index in [0.29, 0.717) is 17.1 Å². The Hall–Kier alpha value is -2.86.